The molecule has 6 heteroatoms. The number of hydrogen-bond acceptors (Lipinski definition) is 4. The van der Waals surface area contributed by atoms with Crippen molar-refractivity contribution in [1.29, 1.82) is 0 Å². The Labute approximate surface area is 122 Å². The van der Waals surface area contributed by atoms with Crippen LogP contribution in [-0.4, -0.2) is 29.0 Å². The number of carbonyl (C=O) groups is 3. The largest absolute Gasteiger partial charge is 0.343 e. The Hall–Kier alpha value is -1.82. The highest BCUT2D eigenvalue weighted by Gasteiger charge is 2.29. The number of hydrogen-bond donors (Lipinski definition) is 3. The van der Waals surface area contributed by atoms with Crippen molar-refractivity contribution in [2.75, 3.05) is 0 Å². The van der Waals surface area contributed by atoms with Crippen molar-refractivity contribution in [3.63, 3.8) is 0 Å². The minimum absolute atomic E-state index is 0.243. The standard InChI is InChI=1S/C14H16N2O3S/c17-12-7-6-10(13(18)16-12)15-14(19)11(20)8-9-4-2-1-3-5-9/h1-5,10-11,20H,6-8H2,(H,15,19)(H,16,17,18). The van der Waals surface area contributed by atoms with Gasteiger partial charge < -0.3 is 5.32 Å². The Morgan fingerprint density at radius 3 is 2.70 bits per heavy atom. The Bertz CT molecular complexity index is 518. The molecule has 2 unspecified atom stereocenters. The van der Waals surface area contributed by atoms with Gasteiger partial charge in [-0.1, -0.05) is 30.3 Å². The van der Waals surface area contributed by atoms with Crippen molar-refractivity contribution in [1.82, 2.24) is 10.6 Å². The summed E-state index contributed by atoms with van der Waals surface area (Å²) in [7, 11) is 0. The van der Waals surface area contributed by atoms with Gasteiger partial charge in [-0.25, -0.2) is 0 Å². The van der Waals surface area contributed by atoms with E-state index in [4.69, 9.17) is 0 Å². The van der Waals surface area contributed by atoms with Crippen LogP contribution in [0.5, 0.6) is 0 Å². The first-order valence-electron chi connectivity index (χ1n) is 6.42. The van der Waals surface area contributed by atoms with Crippen molar-refractivity contribution in [2.24, 2.45) is 0 Å². The average Bonchev–Trinajstić information content (AvgIpc) is 2.43. The molecule has 1 fully saturated rings. The summed E-state index contributed by atoms with van der Waals surface area (Å²) in [5.41, 5.74) is 1.01. The first-order chi connectivity index (χ1) is 9.56. The fraction of sp³-hybridized carbons (Fsp3) is 0.357. The van der Waals surface area contributed by atoms with Crippen molar-refractivity contribution < 1.29 is 14.4 Å². The lowest BCUT2D eigenvalue weighted by molar-refractivity contribution is -0.137. The molecule has 2 N–H and O–H groups in total. The van der Waals surface area contributed by atoms with Crippen LogP contribution in [0.2, 0.25) is 0 Å². The van der Waals surface area contributed by atoms with Gasteiger partial charge in [0.15, 0.2) is 0 Å². The average molecular weight is 292 g/mol. The number of imide groups is 1. The third-order valence-electron chi connectivity index (χ3n) is 3.13. The minimum atomic E-state index is -0.648. The number of thiol groups is 1. The van der Waals surface area contributed by atoms with E-state index in [0.717, 1.165) is 5.56 Å². The van der Waals surface area contributed by atoms with Crippen molar-refractivity contribution in [3.8, 4) is 0 Å². The smallest absolute Gasteiger partial charge is 0.249 e. The molecule has 20 heavy (non-hydrogen) atoms. The highest BCUT2D eigenvalue weighted by molar-refractivity contribution is 7.81. The SMILES string of the molecule is O=C1CCC(NC(=O)C(S)Cc2ccccc2)C(=O)N1. The van der Waals surface area contributed by atoms with Gasteiger partial charge in [-0.3, -0.25) is 19.7 Å². The number of benzene rings is 1. The molecule has 5 nitrogen and oxygen atoms in total. The quantitative estimate of drug-likeness (QED) is 0.557. The molecule has 3 amide bonds. The maximum Gasteiger partial charge on any atom is 0.249 e. The zero-order chi connectivity index (χ0) is 14.5. The molecule has 1 aliphatic heterocycles. The summed E-state index contributed by atoms with van der Waals surface area (Å²) in [6.07, 6.45) is 1.07. The lowest BCUT2D eigenvalue weighted by Crippen LogP contribution is -2.53. The third-order valence-corrected chi connectivity index (χ3v) is 3.55. The van der Waals surface area contributed by atoms with E-state index >= 15 is 0 Å². The normalized spacial score (nSPS) is 20.1. The van der Waals surface area contributed by atoms with E-state index in [1.54, 1.807) is 0 Å². The first kappa shape index (κ1) is 14.6. The van der Waals surface area contributed by atoms with Crippen LogP contribution in [0.25, 0.3) is 0 Å². The van der Waals surface area contributed by atoms with E-state index in [1.807, 2.05) is 30.3 Å². The summed E-state index contributed by atoms with van der Waals surface area (Å²) in [5.74, 6) is -1.05. The van der Waals surface area contributed by atoms with Crippen molar-refractivity contribution >= 4 is 30.4 Å². The van der Waals surface area contributed by atoms with E-state index < -0.39 is 17.2 Å². The van der Waals surface area contributed by atoms with Gasteiger partial charge in [0.05, 0.1) is 5.25 Å². The second kappa shape index (κ2) is 6.56. The Morgan fingerprint density at radius 2 is 2.05 bits per heavy atom. The van der Waals surface area contributed by atoms with Crippen LogP contribution >= 0.6 is 12.6 Å². The molecular formula is C14H16N2O3S. The second-order valence-corrected chi connectivity index (χ2v) is 5.34. The van der Waals surface area contributed by atoms with Gasteiger partial charge in [0.1, 0.15) is 6.04 Å². The maximum atomic E-state index is 12.0. The Morgan fingerprint density at radius 1 is 1.35 bits per heavy atom. The molecule has 1 aliphatic rings. The molecule has 0 saturated carbocycles. The fourth-order valence-electron chi connectivity index (χ4n) is 2.03. The molecule has 0 spiro atoms. The highest BCUT2D eigenvalue weighted by Crippen LogP contribution is 2.10. The lowest BCUT2D eigenvalue weighted by atomic mass is 10.1. The number of amides is 3. The zero-order valence-electron chi connectivity index (χ0n) is 10.8. The topological polar surface area (TPSA) is 75.3 Å². The minimum Gasteiger partial charge on any atom is -0.343 e. The predicted octanol–water partition coefficient (Wildman–Crippen LogP) is 0.449. The Balaban J connectivity index is 1.88. The molecule has 1 heterocycles. The first-order valence-corrected chi connectivity index (χ1v) is 6.94. The molecule has 1 aromatic rings. The molecule has 106 valence electrons. The number of carbonyl (C=O) groups excluding carboxylic acids is 3. The number of piperidine rings is 1. The van der Waals surface area contributed by atoms with E-state index in [9.17, 15) is 14.4 Å². The van der Waals surface area contributed by atoms with E-state index in [2.05, 4.69) is 23.3 Å². The van der Waals surface area contributed by atoms with Crippen LogP contribution in [0.4, 0.5) is 0 Å². The number of rotatable bonds is 4. The van der Waals surface area contributed by atoms with Gasteiger partial charge in [-0.2, -0.15) is 12.6 Å². The van der Waals surface area contributed by atoms with E-state index in [-0.39, 0.29) is 18.2 Å². The summed E-state index contributed by atoms with van der Waals surface area (Å²) < 4.78 is 0. The van der Waals surface area contributed by atoms with Crippen LogP contribution in [0, 0.1) is 0 Å². The predicted molar refractivity (Wildman–Crippen MR) is 77.2 cm³/mol. The highest BCUT2D eigenvalue weighted by atomic mass is 32.1. The van der Waals surface area contributed by atoms with E-state index in [1.165, 1.54) is 0 Å². The zero-order valence-corrected chi connectivity index (χ0v) is 11.7. The fourth-order valence-corrected chi connectivity index (χ4v) is 2.31. The van der Waals surface area contributed by atoms with Crippen LogP contribution < -0.4 is 10.6 Å². The lowest BCUT2D eigenvalue weighted by Gasteiger charge is -2.23. The maximum absolute atomic E-state index is 12.0. The summed E-state index contributed by atoms with van der Waals surface area (Å²) in [4.78, 5) is 34.6. The molecule has 1 aromatic carbocycles. The van der Waals surface area contributed by atoms with Crippen molar-refractivity contribution in [3.05, 3.63) is 35.9 Å². The molecule has 2 rings (SSSR count). The summed E-state index contributed by atoms with van der Waals surface area (Å²) in [5, 5.41) is 4.31. The Kier molecular flexibility index (Phi) is 4.79. The molecule has 1 saturated heterocycles. The van der Waals surface area contributed by atoms with Crippen molar-refractivity contribution in [2.45, 2.75) is 30.6 Å². The summed E-state index contributed by atoms with van der Waals surface area (Å²) in [6.45, 7) is 0. The molecular weight excluding hydrogens is 276 g/mol. The molecule has 0 aliphatic carbocycles. The molecule has 2 atom stereocenters. The van der Waals surface area contributed by atoms with Gasteiger partial charge in [-0.05, 0) is 18.4 Å². The monoisotopic (exact) mass is 292 g/mol. The van der Waals surface area contributed by atoms with Crippen LogP contribution in [0.1, 0.15) is 18.4 Å². The van der Waals surface area contributed by atoms with Gasteiger partial charge in [0.2, 0.25) is 17.7 Å². The second-order valence-electron chi connectivity index (χ2n) is 4.72. The van der Waals surface area contributed by atoms with Crippen LogP contribution in [-0.2, 0) is 20.8 Å². The third kappa shape index (κ3) is 3.84. The van der Waals surface area contributed by atoms with E-state index in [0.29, 0.717) is 12.8 Å². The summed E-state index contributed by atoms with van der Waals surface area (Å²) in [6, 6.07) is 8.89. The number of nitrogens with one attached hydrogen (secondary N) is 2. The molecule has 0 aromatic heterocycles. The van der Waals surface area contributed by atoms with Gasteiger partial charge >= 0.3 is 0 Å². The molecule has 0 bridgehead atoms. The summed E-state index contributed by atoms with van der Waals surface area (Å²) >= 11 is 4.27. The van der Waals surface area contributed by atoms with Crippen LogP contribution in [0.3, 0.4) is 0 Å². The van der Waals surface area contributed by atoms with Gasteiger partial charge in [0.25, 0.3) is 0 Å². The van der Waals surface area contributed by atoms with Crippen LogP contribution in [0.15, 0.2) is 30.3 Å². The van der Waals surface area contributed by atoms with Gasteiger partial charge in [-0.15, -0.1) is 0 Å². The molecule has 0 radical (unpaired) electrons. The van der Waals surface area contributed by atoms with Gasteiger partial charge in [0, 0.05) is 6.42 Å².